The first-order chi connectivity index (χ1) is 10.1. The fraction of sp³-hybridized carbons (Fsp3) is 0.214. The molecule has 0 amide bonds. The van der Waals surface area contributed by atoms with Crippen molar-refractivity contribution in [3.63, 3.8) is 0 Å². The molecule has 110 valence electrons. The van der Waals surface area contributed by atoms with E-state index in [9.17, 15) is 10.1 Å². The lowest BCUT2D eigenvalue weighted by atomic mass is 10.2. The molecule has 0 aliphatic heterocycles. The van der Waals surface area contributed by atoms with Crippen molar-refractivity contribution in [3.8, 4) is 0 Å². The molecule has 7 heteroatoms. The van der Waals surface area contributed by atoms with Gasteiger partial charge in [-0.3, -0.25) is 10.1 Å². The van der Waals surface area contributed by atoms with E-state index in [-0.39, 0.29) is 5.69 Å². The van der Waals surface area contributed by atoms with Gasteiger partial charge in [0.05, 0.1) is 9.40 Å². The van der Waals surface area contributed by atoms with Crippen molar-refractivity contribution < 1.29 is 4.92 Å². The van der Waals surface area contributed by atoms with Gasteiger partial charge in [-0.05, 0) is 21.5 Å². The number of hydrogen-bond donors (Lipinski definition) is 1. The van der Waals surface area contributed by atoms with Crippen molar-refractivity contribution in [1.29, 1.82) is 0 Å². The van der Waals surface area contributed by atoms with Gasteiger partial charge in [-0.1, -0.05) is 30.3 Å². The first-order valence-electron chi connectivity index (χ1n) is 6.40. The Hall–Kier alpha value is -1.99. The van der Waals surface area contributed by atoms with Gasteiger partial charge in [0.1, 0.15) is 12.0 Å². The van der Waals surface area contributed by atoms with Crippen LogP contribution < -0.4 is 10.6 Å². The number of nitrogens with zero attached hydrogens (tertiary/aromatic N) is 3. The lowest BCUT2D eigenvalue weighted by molar-refractivity contribution is -0.385. The minimum atomic E-state index is -0.466. The molecule has 0 bridgehead atoms. The third-order valence-electron chi connectivity index (χ3n) is 2.93. The highest BCUT2D eigenvalue weighted by Gasteiger charge is 2.16. The number of halogens is 1. The SMILES string of the molecule is NCCN(Cc1ccccc1)c1ncc([N+](=O)[O-])cc1Br. The third-order valence-corrected chi connectivity index (χ3v) is 3.52. The van der Waals surface area contributed by atoms with Crippen LogP contribution >= 0.6 is 15.9 Å². The Labute approximate surface area is 130 Å². The predicted octanol–water partition coefficient (Wildman–Crippen LogP) is 2.72. The van der Waals surface area contributed by atoms with Crippen LogP contribution in [0.1, 0.15) is 5.56 Å². The summed E-state index contributed by atoms with van der Waals surface area (Å²) in [5.74, 6) is 0.648. The van der Waals surface area contributed by atoms with E-state index < -0.39 is 4.92 Å². The summed E-state index contributed by atoms with van der Waals surface area (Å²) in [6.07, 6.45) is 1.26. The first-order valence-corrected chi connectivity index (χ1v) is 7.20. The normalized spacial score (nSPS) is 10.4. The Morgan fingerprint density at radius 2 is 2.05 bits per heavy atom. The molecule has 0 saturated carbocycles. The van der Waals surface area contributed by atoms with E-state index >= 15 is 0 Å². The molecule has 2 N–H and O–H groups in total. The molecule has 6 nitrogen and oxygen atoms in total. The van der Waals surface area contributed by atoms with Crippen LogP contribution in [0, 0.1) is 10.1 Å². The maximum atomic E-state index is 10.8. The number of hydrogen-bond acceptors (Lipinski definition) is 5. The van der Waals surface area contributed by atoms with Gasteiger partial charge in [0.2, 0.25) is 0 Å². The number of benzene rings is 1. The molecule has 0 fully saturated rings. The van der Waals surface area contributed by atoms with Crippen LogP contribution in [-0.4, -0.2) is 23.0 Å². The average Bonchev–Trinajstić information content (AvgIpc) is 2.48. The average molecular weight is 351 g/mol. The highest BCUT2D eigenvalue weighted by atomic mass is 79.9. The summed E-state index contributed by atoms with van der Waals surface area (Å²) in [6, 6.07) is 11.4. The Balaban J connectivity index is 2.27. The van der Waals surface area contributed by atoms with E-state index in [2.05, 4.69) is 20.9 Å². The number of nitro groups is 1. The fourth-order valence-corrected chi connectivity index (χ4v) is 2.56. The zero-order valence-corrected chi connectivity index (χ0v) is 12.9. The second kappa shape index (κ2) is 7.14. The predicted molar refractivity (Wildman–Crippen MR) is 85.1 cm³/mol. The quantitative estimate of drug-likeness (QED) is 0.639. The van der Waals surface area contributed by atoms with Crippen LogP contribution in [0.4, 0.5) is 11.5 Å². The van der Waals surface area contributed by atoms with Crippen LogP contribution in [0.5, 0.6) is 0 Å². The fourth-order valence-electron chi connectivity index (χ4n) is 1.97. The molecule has 0 spiro atoms. The molecule has 1 heterocycles. The minimum Gasteiger partial charge on any atom is -0.350 e. The molecule has 21 heavy (non-hydrogen) atoms. The molecular weight excluding hydrogens is 336 g/mol. The molecule has 0 unspecified atom stereocenters. The highest BCUT2D eigenvalue weighted by Crippen LogP contribution is 2.28. The van der Waals surface area contributed by atoms with Crippen LogP contribution in [-0.2, 0) is 6.54 Å². The van der Waals surface area contributed by atoms with Gasteiger partial charge in [-0.2, -0.15) is 0 Å². The van der Waals surface area contributed by atoms with E-state index in [0.717, 1.165) is 5.56 Å². The van der Waals surface area contributed by atoms with Crippen LogP contribution in [0.15, 0.2) is 47.1 Å². The maximum Gasteiger partial charge on any atom is 0.288 e. The van der Waals surface area contributed by atoms with Crippen molar-refractivity contribution in [2.45, 2.75) is 6.54 Å². The zero-order valence-electron chi connectivity index (χ0n) is 11.3. The Kier molecular flexibility index (Phi) is 5.24. The van der Waals surface area contributed by atoms with Gasteiger partial charge in [0, 0.05) is 25.7 Å². The minimum absolute atomic E-state index is 0.0435. The van der Waals surface area contributed by atoms with Gasteiger partial charge >= 0.3 is 0 Å². The molecule has 1 aromatic carbocycles. The highest BCUT2D eigenvalue weighted by molar-refractivity contribution is 9.10. The van der Waals surface area contributed by atoms with Crippen LogP contribution in [0.2, 0.25) is 0 Å². The van der Waals surface area contributed by atoms with Crippen molar-refractivity contribution in [2.75, 3.05) is 18.0 Å². The smallest absolute Gasteiger partial charge is 0.288 e. The topological polar surface area (TPSA) is 85.3 Å². The largest absolute Gasteiger partial charge is 0.350 e. The number of anilines is 1. The van der Waals surface area contributed by atoms with E-state index in [4.69, 9.17) is 5.73 Å². The summed E-state index contributed by atoms with van der Waals surface area (Å²) in [5.41, 5.74) is 6.74. The van der Waals surface area contributed by atoms with Crippen molar-refractivity contribution >= 4 is 27.4 Å². The van der Waals surface area contributed by atoms with E-state index in [1.54, 1.807) is 0 Å². The van der Waals surface area contributed by atoms with E-state index in [1.165, 1.54) is 12.3 Å². The van der Waals surface area contributed by atoms with Gasteiger partial charge in [0.25, 0.3) is 5.69 Å². The number of nitrogens with two attached hydrogens (primary N) is 1. The summed E-state index contributed by atoms with van der Waals surface area (Å²) in [7, 11) is 0. The number of pyridine rings is 1. The van der Waals surface area contributed by atoms with E-state index in [1.807, 2.05) is 35.2 Å². The molecular formula is C14H15BrN4O2. The summed E-state index contributed by atoms with van der Waals surface area (Å²) < 4.78 is 0.584. The molecule has 0 aliphatic rings. The Morgan fingerprint density at radius 3 is 2.62 bits per heavy atom. The van der Waals surface area contributed by atoms with Crippen LogP contribution in [0.25, 0.3) is 0 Å². The second-order valence-electron chi connectivity index (χ2n) is 4.45. The van der Waals surface area contributed by atoms with E-state index in [0.29, 0.717) is 29.9 Å². The second-order valence-corrected chi connectivity index (χ2v) is 5.31. The summed E-state index contributed by atoms with van der Waals surface area (Å²) in [6.45, 7) is 1.72. The monoisotopic (exact) mass is 350 g/mol. The molecule has 0 atom stereocenters. The standard InChI is InChI=1S/C14H15BrN4O2/c15-13-8-12(19(20)21)9-17-14(13)18(7-6-16)10-11-4-2-1-3-5-11/h1-5,8-9H,6-7,10,16H2. The molecule has 1 aromatic heterocycles. The first kappa shape index (κ1) is 15.4. The zero-order chi connectivity index (χ0) is 15.2. The molecule has 2 rings (SSSR count). The van der Waals surface area contributed by atoms with Gasteiger partial charge in [-0.25, -0.2) is 4.98 Å². The van der Waals surface area contributed by atoms with Crippen LogP contribution in [0.3, 0.4) is 0 Å². The van der Waals surface area contributed by atoms with Crippen molar-refractivity contribution in [2.24, 2.45) is 5.73 Å². The molecule has 0 radical (unpaired) electrons. The summed E-state index contributed by atoms with van der Waals surface area (Å²) in [5, 5.41) is 10.8. The van der Waals surface area contributed by atoms with Crippen molar-refractivity contribution in [3.05, 3.63) is 62.7 Å². The summed E-state index contributed by atoms with van der Waals surface area (Å²) >= 11 is 3.35. The number of aromatic nitrogens is 1. The Morgan fingerprint density at radius 1 is 1.33 bits per heavy atom. The number of rotatable bonds is 6. The molecule has 0 saturated heterocycles. The lowest BCUT2D eigenvalue weighted by Gasteiger charge is -2.24. The van der Waals surface area contributed by atoms with Gasteiger partial charge in [-0.15, -0.1) is 0 Å². The molecule has 0 aliphatic carbocycles. The Bertz CT molecular complexity index is 622. The molecule has 2 aromatic rings. The van der Waals surface area contributed by atoms with Crippen molar-refractivity contribution in [1.82, 2.24) is 4.98 Å². The maximum absolute atomic E-state index is 10.8. The third kappa shape index (κ3) is 3.99. The van der Waals surface area contributed by atoms with Gasteiger partial charge in [0.15, 0.2) is 0 Å². The summed E-state index contributed by atoms with van der Waals surface area (Å²) in [4.78, 5) is 16.5. The van der Waals surface area contributed by atoms with Gasteiger partial charge < -0.3 is 10.6 Å². The lowest BCUT2D eigenvalue weighted by Crippen LogP contribution is -2.30.